The maximum absolute atomic E-state index is 12.4. The molecule has 1 aliphatic heterocycles. The van der Waals surface area contributed by atoms with Crippen molar-refractivity contribution < 1.29 is 9.59 Å². The van der Waals surface area contributed by atoms with Gasteiger partial charge in [-0.05, 0) is 19.3 Å². The van der Waals surface area contributed by atoms with Gasteiger partial charge in [0.25, 0.3) is 0 Å². The van der Waals surface area contributed by atoms with Crippen LogP contribution in [0.5, 0.6) is 0 Å². The molecule has 2 unspecified atom stereocenters. The van der Waals surface area contributed by atoms with E-state index in [1.54, 1.807) is 11.9 Å². The minimum atomic E-state index is -0.341. The van der Waals surface area contributed by atoms with Crippen molar-refractivity contribution in [2.45, 2.75) is 51.5 Å². The molecule has 0 spiro atoms. The fourth-order valence-electron chi connectivity index (χ4n) is 3.25. The lowest BCUT2D eigenvalue weighted by molar-refractivity contribution is -0.133. The van der Waals surface area contributed by atoms with Gasteiger partial charge in [0.1, 0.15) is 11.9 Å². The van der Waals surface area contributed by atoms with Crippen molar-refractivity contribution in [1.29, 1.82) is 0 Å². The fourth-order valence-corrected chi connectivity index (χ4v) is 3.25. The summed E-state index contributed by atoms with van der Waals surface area (Å²) in [7, 11) is 1.78. The maximum Gasteiger partial charge on any atom is 0.244 e. The molecule has 22 heavy (non-hydrogen) atoms. The van der Waals surface area contributed by atoms with Gasteiger partial charge in [-0.2, -0.15) is 0 Å². The van der Waals surface area contributed by atoms with Crippen molar-refractivity contribution in [2.24, 2.45) is 5.92 Å². The van der Waals surface area contributed by atoms with Crippen LogP contribution in [0.2, 0.25) is 0 Å². The summed E-state index contributed by atoms with van der Waals surface area (Å²) >= 11 is 0. The van der Waals surface area contributed by atoms with Gasteiger partial charge in [-0.25, -0.2) is 4.98 Å². The Balaban J connectivity index is 1.64. The van der Waals surface area contributed by atoms with Crippen LogP contribution >= 0.6 is 0 Å². The number of hydrogen-bond acceptors (Lipinski definition) is 3. The van der Waals surface area contributed by atoms with Crippen LogP contribution in [0.1, 0.15) is 49.8 Å². The van der Waals surface area contributed by atoms with Crippen LogP contribution in [0.15, 0.2) is 0 Å². The molecule has 1 aromatic heterocycles. The number of nitrogens with one attached hydrogen (secondary N) is 2. The topological polar surface area (TPSA) is 78.1 Å². The van der Waals surface area contributed by atoms with Gasteiger partial charge in [0, 0.05) is 37.5 Å². The molecule has 1 saturated heterocycles. The van der Waals surface area contributed by atoms with Gasteiger partial charge in [-0.1, -0.05) is 13.8 Å². The molecule has 0 aromatic carbocycles. The summed E-state index contributed by atoms with van der Waals surface area (Å²) in [6, 6.07) is -0.341. The predicted octanol–water partition coefficient (Wildman–Crippen LogP) is 0.985. The zero-order chi connectivity index (χ0) is 15.9. The Bertz CT molecular complexity index is 593. The molecule has 6 heteroatoms. The number of amides is 2. The molecule has 2 N–H and O–H groups in total. The maximum atomic E-state index is 12.4. The Morgan fingerprint density at radius 3 is 2.82 bits per heavy atom. The van der Waals surface area contributed by atoms with Crippen LogP contribution in [-0.4, -0.2) is 46.3 Å². The predicted molar refractivity (Wildman–Crippen MR) is 82.4 cm³/mol. The molecule has 2 aliphatic rings. The average molecular weight is 304 g/mol. The van der Waals surface area contributed by atoms with Gasteiger partial charge in [-0.15, -0.1) is 0 Å². The summed E-state index contributed by atoms with van der Waals surface area (Å²) in [4.78, 5) is 34.0. The first-order valence-corrected chi connectivity index (χ1v) is 8.08. The zero-order valence-electron chi connectivity index (χ0n) is 13.5. The third kappa shape index (κ3) is 2.74. The number of hydrogen-bond donors (Lipinski definition) is 2. The van der Waals surface area contributed by atoms with Gasteiger partial charge >= 0.3 is 0 Å². The summed E-state index contributed by atoms with van der Waals surface area (Å²) in [6.45, 7) is 4.93. The smallest absolute Gasteiger partial charge is 0.244 e. The van der Waals surface area contributed by atoms with E-state index >= 15 is 0 Å². The van der Waals surface area contributed by atoms with E-state index < -0.39 is 0 Å². The van der Waals surface area contributed by atoms with Crippen LogP contribution in [0.4, 0.5) is 0 Å². The number of fused-ring (bicyclic) bond motifs is 1. The standard InChI is InChI=1S/C16H24N4O2/c1-9(2)14-17-11-5-4-10(8-13(11)18-14)15(21)19-12-6-7-20(3)16(12)22/h9-10,12H,4-8H2,1-3H3,(H,17,18)(H,19,21). The lowest BCUT2D eigenvalue weighted by atomic mass is 9.89. The van der Waals surface area contributed by atoms with Crippen molar-refractivity contribution in [2.75, 3.05) is 13.6 Å². The molecule has 1 aromatic rings. The number of likely N-dealkylation sites (tertiary alicyclic amines) is 1. The SMILES string of the molecule is CC(C)c1nc2c([nH]1)CC(C(=O)NC1CCN(C)C1=O)CC2. The van der Waals surface area contributed by atoms with Crippen molar-refractivity contribution in [3.8, 4) is 0 Å². The first kappa shape index (κ1) is 15.1. The molecular weight excluding hydrogens is 280 g/mol. The number of H-pyrrole nitrogens is 1. The minimum absolute atomic E-state index is 0.00000283. The molecule has 3 rings (SSSR count). The number of carbonyl (C=O) groups is 2. The fraction of sp³-hybridized carbons (Fsp3) is 0.688. The van der Waals surface area contributed by atoms with Gasteiger partial charge in [0.15, 0.2) is 0 Å². The second-order valence-corrected chi connectivity index (χ2v) is 6.75. The molecule has 0 radical (unpaired) electrons. The number of imidazole rings is 1. The van der Waals surface area contributed by atoms with Crippen LogP contribution in [0.3, 0.4) is 0 Å². The van der Waals surface area contributed by atoms with Crippen LogP contribution in [0.25, 0.3) is 0 Å². The first-order chi connectivity index (χ1) is 10.5. The van der Waals surface area contributed by atoms with E-state index in [1.807, 2.05) is 0 Å². The van der Waals surface area contributed by atoms with E-state index in [9.17, 15) is 9.59 Å². The highest BCUT2D eigenvalue weighted by molar-refractivity contribution is 5.89. The molecule has 120 valence electrons. The van der Waals surface area contributed by atoms with Crippen molar-refractivity contribution >= 4 is 11.8 Å². The summed E-state index contributed by atoms with van der Waals surface area (Å²) in [6.07, 6.45) is 3.03. The molecule has 6 nitrogen and oxygen atoms in total. The highest BCUT2D eigenvalue weighted by Gasteiger charge is 2.34. The third-order valence-electron chi connectivity index (χ3n) is 4.72. The third-order valence-corrected chi connectivity index (χ3v) is 4.72. The van der Waals surface area contributed by atoms with Gasteiger partial charge < -0.3 is 15.2 Å². The number of aromatic amines is 1. The lowest BCUT2D eigenvalue weighted by Gasteiger charge is -2.22. The van der Waals surface area contributed by atoms with E-state index in [2.05, 4.69) is 29.1 Å². The van der Waals surface area contributed by atoms with Crippen molar-refractivity contribution in [1.82, 2.24) is 20.2 Å². The van der Waals surface area contributed by atoms with E-state index in [-0.39, 0.29) is 23.8 Å². The average Bonchev–Trinajstić information content (AvgIpc) is 3.05. The number of nitrogens with zero attached hydrogens (tertiary/aromatic N) is 2. The Morgan fingerprint density at radius 2 is 2.18 bits per heavy atom. The number of aromatic nitrogens is 2. The first-order valence-electron chi connectivity index (χ1n) is 8.08. The Kier molecular flexibility index (Phi) is 3.93. The monoisotopic (exact) mass is 304 g/mol. The van der Waals surface area contributed by atoms with Crippen LogP contribution in [0, 0.1) is 5.92 Å². The van der Waals surface area contributed by atoms with E-state index in [4.69, 9.17) is 0 Å². The van der Waals surface area contributed by atoms with Gasteiger partial charge in [-0.3, -0.25) is 9.59 Å². The second-order valence-electron chi connectivity index (χ2n) is 6.75. The summed E-state index contributed by atoms with van der Waals surface area (Å²) in [5.41, 5.74) is 2.19. The molecule has 0 saturated carbocycles. The van der Waals surface area contributed by atoms with E-state index in [0.717, 1.165) is 36.6 Å². The van der Waals surface area contributed by atoms with Crippen molar-refractivity contribution in [3.05, 3.63) is 17.2 Å². The highest BCUT2D eigenvalue weighted by atomic mass is 16.2. The molecule has 1 fully saturated rings. The number of rotatable bonds is 3. The largest absolute Gasteiger partial charge is 0.345 e. The molecular formula is C16H24N4O2. The lowest BCUT2D eigenvalue weighted by Crippen LogP contribution is -2.44. The van der Waals surface area contributed by atoms with Crippen molar-refractivity contribution in [3.63, 3.8) is 0 Å². The summed E-state index contributed by atoms with van der Waals surface area (Å²) in [5.74, 6) is 1.32. The van der Waals surface area contributed by atoms with E-state index in [0.29, 0.717) is 18.8 Å². The molecule has 2 amide bonds. The Hall–Kier alpha value is -1.85. The molecule has 2 atom stereocenters. The zero-order valence-corrected chi connectivity index (χ0v) is 13.5. The van der Waals surface area contributed by atoms with E-state index in [1.165, 1.54) is 0 Å². The Labute approximate surface area is 130 Å². The molecule has 0 bridgehead atoms. The van der Waals surface area contributed by atoms with Crippen LogP contribution in [-0.2, 0) is 22.4 Å². The number of carbonyl (C=O) groups excluding carboxylic acids is 2. The quantitative estimate of drug-likeness (QED) is 0.874. The minimum Gasteiger partial charge on any atom is -0.345 e. The second kappa shape index (κ2) is 5.74. The highest BCUT2D eigenvalue weighted by Crippen LogP contribution is 2.26. The molecule has 2 heterocycles. The molecule has 1 aliphatic carbocycles. The summed E-state index contributed by atoms with van der Waals surface area (Å²) in [5, 5.41) is 2.92. The number of likely N-dealkylation sites (N-methyl/N-ethyl adjacent to an activating group) is 1. The number of aryl methyl sites for hydroxylation is 1. The Morgan fingerprint density at radius 1 is 1.41 bits per heavy atom. The van der Waals surface area contributed by atoms with Crippen LogP contribution < -0.4 is 5.32 Å². The normalized spacial score (nSPS) is 24.7. The van der Waals surface area contributed by atoms with Gasteiger partial charge in [0.05, 0.1) is 5.69 Å². The summed E-state index contributed by atoms with van der Waals surface area (Å²) < 4.78 is 0. The van der Waals surface area contributed by atoms with Gasteiger partial charge in [0.2, 0.25) is 11.8 Å².